The van der Waals surface area contributed by atoms with Gasteiger partial charge in [0, 0.05) is 6.42 Å². The molecule has 0 fully saturated rings. The molecule has 0 atom stereocenters. The Morgan fingerprint density at radius 3 is 2.48 bits per heavy atom. The highest BCUT2D eigenvalue weighted by Gasteiger charge is 2.21. The van der Waals surface area contributed by atoms with E-state index in [0.29, 0.717) is 12.2 Å². The number of rotatable bonds is 6. The Morgan fingerprint density at radius 1 is 1.29 bits per heavy atom. The predicted molar refractivity (Wildman–Crippen MR) is 82.6 cm³/mol. The fraction of sp³-hybridized carbons (Fsp3) is 0.588. The molecule has 0 saturated carbocycles. The number of aryl methyl sites for hydroxylation is 2. The van der Waals surface area contributed by atoms with Gasteiger partial charge in [-0.25, -0.2) is 0 Å². The predicted octanol–water partition coefficient (Wildman–Crippen LogP) is 2.72. The second kappa shape index (κ2) is 7.46. The van der Waals surface area contributed by atoms with E-state index in [4.69, 9.17) is 9.84 Å². The van der Waals surface area contributed by atoms with Crippen LogP contribution in [-0.4, -0.2) is 29.4 Å². The molecule has 0 radical (unpaired) electrons. The van der Waals surface area contributed by atoms with E-state index in [1.807, 2.05) is 19.1 Å². The molecule has 0 aliphatic carbocycles. The van der Waals surface area contributed by atoms with Gasteiger partial charge >= 0.3 is 5.97 Å². The summed E-state index contributed by atoms with van der Waals surface area (Å²) in [7, 11) is 0. The zero-order chi connectivity index (χ0) is 16.0. The van der Waals surface area contributed by atoms with Crippen LogP contribution in [0.2, 0.25) is 0 Å². The Bertz CT molecular complexity index is 486. The van der Waals surface area contributed by atoms with E-state index in [-0.39, 0.29) is 31.0 Å². The number of carbonyl (C=O) groups is 1. The van der Waals surface area contributed by atoms with Crippen LogP contribution < -0.4 is 0 Å². The Balaban J connectivity index is 2.91. The molecule has 4 nitrogen and oxygen atoms in total. The first-order chi connectivity index (χ1) is 9.79. The van der Waals surface area contributed by atoms with Gasteiger partial charge in [0.05, 0.1) is 6.61 Å². The molecule has 2 N–H and O–H groups in total. The van der Waals surface area contributed by atoms with Crippen LogP contribution in [0.15, 0.2) is 12.1 Å². The Morgan fingerprint density at radius 2 is 1.95 bits per heavy atom. The molecule has 0 spiro atoms. The molecule has 4 heteroatoms. The van der Waals surface area contributed by atoms with Crippen LogP contribution in [0.5, 0.6) is 5.75 Å². The van der Waals surface area contributed by atoms with Crippen molar-refractivity contribution in [1.82, 2.24) is 0 Å². The first-order valence-electron chi connectivity index (χ1n) is 7.41. The summed E-state index contributed by atoms with van der Waals surface area (Å²) in [6.07, 6.45) is 1.59. The average molecular weight is 294 g/mol. The van der Waals surface area contributed by atoms with Crippen LogP contribution in [0, 0.1) is 0 Å². The van der Waals surface area contributed by atoms with Crippen molar-refractivity contribution in [3.05, 3.63) is 28.8 Å². The summed E-state index contributed by atoms with van der Waals surface area (Å²) in [5.41, 5.74) is 2.68. The van der Waals surface area contributed by atoms with E-state index >= 15 is 0 Å². The monoisotopic (exact) mass is 294 g/mol. The van der Waals surface area contributed by atoms with Gasteiger partial charge in [-0.1, -0.05) is 39.8 Å². The van der Waals surface area contributed by atoms with Crippen molar-refractivity contribution in [1.29, 1.82) is 0 Å². The molecule has 21 heavy (non-hydrogen) atoms. The number of phenolic OH excluding ortho intramolecular Hbond substituents is 1. The molecule has 0 unspecified atom stereocenters. The summed E-state index contributed by atoms with van der Waals surface area (Å²) >= 11 is 0. The van der Waals surface area contributed by atoms with E-state index < -0.39 is 0 Å². The van der Waals surface area contributed by atoms with Crippen LogP contribution in [0.25, 0.3) is 0 Å². The Hall–Kier alpha value is -1.55. The fourth-order valence-electron chi connectivity index (χ4n) is 2.22. The van der Waals surface area contributed by atoms with E-state index in [0.717, 1.165) is 23.1 Å². The molecule has 0 aromatic heterocycles. The lowest BCUT2D eigenvalue weighted by Gasteiger charge is -2.23. The van der Waals surface area contributed by atoms with Crippen LogP contribution in [0.4, 0.5) is 0 Å². The molecular formula is C17H26O4. The zero-order valence-electron chi connectivity index (χ0n) is 13.4. The summed E-state index contributed by atoms with van der Waals surface area (Å²) in [6.45, 7) is 8.06. The van der Waals surface area contributed by atoms with Crippen molar-refractivity contribution >= 4 is 5.97 Å². The summed E-state index contributed by atoms with van der Waals surface area (Å²) < 4.78 is 4.85. The quantitative estimate of drug-likeness (QED) is 0.792. The van der Waals surface area contributed by atoms with Gasteiger partial charge in [0.1, 0.15) is 12.4 Å². The second-order valence-corrected chi connectivity index (χ2v) is 6.20. The third-order valence-electron chi connectivity index (χ3n) is 3.41. The van der Waals surface area contributed by atoms with Gasteiger partial charge < -0.3 is 14.9 Å². The molecule has 1 aromatic carbocycles. The summed E-state index contributed by atoms with van der Waals surface area (Å²) in [5.74, 6) is 0.0455. The van der Waals surface area contributed by atoms with E-state index in [1.54, 1.807) is 0 Å². The first kappa shape index (κ1) is 17.5. The first-order valence-corrected chi connectivity index (χ1v) is 7.41. The van der Waals surface area contributed by atoms with Crippen molar-refractivity contribution in [3.63, 3.8) is 0 Å². The van der Waals surface area contributed by atoms with Crippen molar-refractivity contribution < 1.29 is 19.7 Å². The van der Waals surface area contributed by atoms with Crippen molar-refractivity contribution in [2.75, 3.05) is 13.2 Å². The number of aliphatic hydroxyl groups excluding tert-OH is 1. The number of hydrogen-bond acceptors (Lipinski definition) is 4. The van der Waals surface area contributed by atoms with E-state index in [2.05, 4.69) is 20.8 Å². The highest BCUT2D eigenvalue weighted by molar-refractivity contribution is 5.69. The average Bonchev–Trinajstić information content (AvgIpc) is 2.42. The van der Waals surface area contributed by atoms with Gasteiger partial charge in [0.2, 0.25) is 0 Å². The van der Waals surface area contributed by atoms with Gasteiger partial charge in [-0.2, -0.15) is 0 Å². The molecule has 118 valence electrons. The number of carbonyl (C=O) groups excluding carboxylic acids is 1. The van der Waals surface area contributed by atoms with Crippen molar-refractivity contribution in [2.24, 2.45) is 0 Å². The Kier molecular flexibility index (Phi) is 6.21. The number of ether oxygens (including phenoxy) is 1. The van der Waals surface area contributed by atoms with Crippen LogP contribution in [0.1, 0.15) is 50.8 Å². The highest BCUT2D eigenvalue weighted by atomic mass is 16.5. The molecular weight excluding hydrogens is 268 g/mol. The maximum atomic E-state index is 11.5. The number of aromatic hydroxyl groups is 1. The fourth-order valence-corrected chi connectivity index (χ4v) is 2.22. The molecule has 0 amide bonds. The minimum atomic E-state index is -0.313. The summed E-state index contributed by atoms with van der Waals surface area (Å²) in [4.78, 5) is 11.5. The lowest BCUT2D eigenvalue weighted by atomic mass is 9.83. The molecule has 0 heterocycles. The van der Waals surface area contributed by atoms with Gasteiger partial charge in [-0.3, -0.25) is 4.79 Å². The lowest BCUT2D eigenvalue weighted by molar-refractivity contribution is -0.144. The molecule has 0 bridgehead atoms. The minimum absolute atomic E-state index is 0.0435. The van der Waals surface area contributed by atoms with Gasteiger partial charge in [-0.05, 0) is 34.9 Å². The lowest BCUT2D eigenvalue weighted by Crippen LogP contribution is -2.13. The number of aliphatic hydroxyl groups is 1. The zero-order valence-corrected chi connectivity index (χ0v) is 13.4. The van der Waals surface area contributed by atoms with E-state index in [9.17, 15) is 9.90 Å². The standard InChI is InChI=1S/C17H26O4/c1-5-13-10-12(6-7-15(19)21-9-8-18)11-14(16(13)20)17(2,3)4/h10-11,18,20H,5-9H2,1-4H3. The third kappa shape index (κ3) is 5.05. The van der Waals surface area contributed by atoms with Crippen molar-refractivity contribution in [2.45, 2.75) is 52.4 Å². The maximum Gasteiger partial charge on any atom is 0.306 e. The van der Waals surface area contributed by atoms with Crippen LogP contribution in [0.3, 0.4) is 0 Å². The molecule has 0 aliphatic rings. The summed E-state index contributed by atoms with van der Waals surface area (Å²) in [5, 5.41) is 18.9. The third-order valence-corrected chi connectivity index (χ3v) is 3.41. The largest absolute Gasteiger partial charge is 0.507 e. The Labute approximate surface area is 126 Å². The molecule has 0 aliphatic heterocycles. The number of benzene rings is 1. The number of esters is 1. The molecule has 0 saturated heterocycles. The number of phenols is 1. The normalized spacial score (nSPS) is 11.5. The molecule has 1 aromatic rings. The molecule has 1 rings (SSSR count). The van der Waals surface area contributed by atoms with Crippen LogP contribution >= 0.6 is 0 Å². The van der Waals surface area contributed by atoms with Crippen LogP contribution in [-0.2, 0) is 27.8 Å². The SMILES string of the molecule is CCc1cc(CCC(=O)OCCO)cc(C(C)(C)C)c1O. The van der Waals surface area contributed by atoms with Crippen molar-refractivity contribution in [3.8, 4) is 5.75 Å². The maximum absolute atomic E-state index is 11.5. The minimum Gasteiger partial charge on any atom is -0.507 e. The van der Waals surface area contributed by atoms with Gasteiger partial charge in [0.25, 0.3) is 0 Å². The highest BCUT2D eigenvalue weighted by Crippen LogP contribution is 2.35. The summed E-state index contributed by atoms with van der Waals surface area (Å²) in [6, 6.07) is 3.91. The second-order valence-electron chi connectivity index (χ2n) is 6.20. The van der Waals surface area contributed by atoms with Gasteiger partial charge in [-0.15, -0.1) is 0 Å². The van der Waals surface area contributed by atoms with E-state index in [1.165, 1.54) is 0 Å². The smallest absolute Gasteiger partial charge is 0.306 e. The topological polar surface area (TPSA) is 66.8 Å². The van der Waals surface area contributed by atoms with Gasteiger partial charge in [0.15, 0.2) is 0 Å². The number of hydrogen-bond donors (Lipinski definition) is 2.